The molecular weight excluding hydrogens is 328 g/mol. The number of benzene rings is 1. The molecule has 0 aliphatic carbocycles. The van der Waals surface area contributed by atoms with Gasteiger partial charge in [-0.2, -0.15) is 0 Å². The lowest BCUT2D eigenvalue weighted by Gasteiger charge is -2.25. The van der Waals surface area contributed by atoms with Gasteiger partial charge >= 0.3 is 5.97 Å². The SMILES string of the molecule is Cc1ccc(Cl)cc1NC(=O)CC1SCC(C(=O)O)NC1=O. The molecule has 0 bridgehead atoms. The molecule has 1 aromatic carbocycles. The van der Waals surface area contributed by atoms with E-state index in [-0.39, 0.29) is 18.1 Å². The second-order valence-electron chi connectivity index (χ2n) is 4.93. The van der Waals surface area contributed by atoms with Crippen molar-refractivity contribution in [3.8, 4) is 0 Å². The van der Waals surface area contributed by atoms with Gasteiger partial charge in [0.2, 0.25) is 11.8 Å². The van der Waals surface area contributed by atoms with E-state index >= 15 is 0 Å². The Morgan fingerprint density at radius 1 is 1.50 bits per heavy atom. The molecule has 8 heteroatoms. The Bertz CT molecular complexity index is 623. The first-order chi connectivity index (χ1) is 10.4. The Labute approximate surface area is 136 Å². The van der Waals surface area contributed by atoms with Crippen molar-refractivity contribution in [1.82, 2.24) is 5.32 Å². The molecule has 0 saturated carbocycles. The third-order valence-corrected chi connectivity index (χ3v) is 4.76. The van der Waals surface area contributed by atoms with Crippen LogP contribution in [0.4, 0.5) is 5.69 Å². The normalized spacial score (nSPS) is 21.1. The fourth-order valence-electron chi connectivity index (χ4n) is 1.98. The number of aliphatic carboxylic acids is 1. The molecule has 1 aliphatic rings. The molecule has 6 nitrogen and oxygen atoms in total. The quantitative estimate of drug-likeness (QED) is 0.773. The van der Waals surface area contributed by atoms with Gasteiger partial charge in [0.1, 0.15) is 6.04 Å². The third-order valence-electron chi connectivity index (χ3n) is 3.22. The highest BCUT2D eigenvalue weighted by Crippen LogP contribution is 2.24. The molecule has 1 aromatic rings. The summed E-state index contributed by atoms with van der Waals surface area (Å²) in [7, 11) is 0. The van der Waals surface area contributed by atoms with E-state index in [1.165, 1.54) is 11.8 Å². The summed E-state index contributed by atoms with van der Waals surface area (Å²) in [5, 5.41) is 13.9. The maximum atomic E-state index is 12.0. The second-order valence-corrected chi connectivity index (χ2v) is 6.61. The van der Waals surface area contributed by atoms with Gasteiger partial charge in [0.25, 0.3) is 0 Å². The largest absolute Gasteiger partial charge is 0.480 e. The molecule has 2 amide bonds. The fraction of sp³-hybridized carbons (Fsp3) is 0.357. The van der Waals surface area contributed by atoms with E-state index in [2.05, 4.69) is 10.6 Å². The van der Waals surface area contributed by atoms with Crippen molar-refractivity contribution in [1.29, 1.82) is 0 Å². The summed E-state index contributed by atoms with van der Waals surface area (Å²) >= 11 is 7.06. The van der Waals surface area contributed by atoms with Crippen LogP contribution in [-0.4, -0.2) is 39.9 Å². The standard InChI is InChI=1S/C14H15ClN2O4S/c1-7-2-3-8(15)4-9(7)16-12(18)5-11-13(19)17-10(6-22-11)14(20)21/h2-4,10-11H,5-6H2,1H3,(H,16,18)(H,17,19)(H,20,21). The van der Waals surface area contributed by atoms with Crippen LogP contribution in [0.2, 0.25) is 5.02 Å². The Hall–Kier alpha value is -1.73. The Morgan fingerprint density at radius 2 is 2.23 bits per heavy atom. The Kier molecular flexibility index (Phi) is 5.31. The number of hydrogen-bond donors (Lipinski definition) is 3. The molecule has 1 aliphatic heterocycles. The van der Waals surface area contributed by atoms with Crippen molar-refractivity contribution >= 4 is 46.8 Å². The van der Waals surface area contributed by atoms with Gasteiger partial charge in [-0.1, -0.05) is 17.7 Å². The molecule has 1 saturated heterocycles. The number of hydrogen-bond acceptors (Lipinski definition) is 4. The molecule has 0 radical (unpaired) electrons. The van der Waals surface area contributed by atoms with Crippen molar-refractivity contribution in [3.05, 3.63) is 28.8 Å². The Morgan fingerprint density at radius 3 is 2.86 bits per heavy atom. The van der Waals surface area contributed by atoms with Crippen LogP contribution in [0.25, 0.3) is 0 Å². The highest BCUT2D eigenvalue weighted by Gasteiger charge is 2.33. The molecule has 0 spiro atoms. The zero-order valence-corrected chi connectivity index (χ0v) is 13.3. The lowest BCUT2D eigenvalue weighted by atomic mass is 10.2. The number of carbonyl (C=O) groups is 3. The molecule has 0 aromatic heterocycles. The fourth-order valence-corrected chi connectivity index (χ4v) is 3.29. The van der Waals surface area contributed by atoms with Crippen LogP contribution >= 0.6 is 23.4 Å². The summed E-state index contributed by atoms with van der Waals surface area (Å²) in [5.41, 5.74) is 1.46. The van der Waals surface area contributed by atoms with Crippen LogP contribution in [0.3, 0.4) is 0 Å². The first kappa shape index (κ1) is 16.6. The molecule has 1 heterocycles. The minimum atomic E-state index is -1.07. The van der Waals surface area contributed by atoms with E-state index in [1.54, 1.807) is 18.2 Å². The molecule has 22 heavy (non-hydrogen) atoms. The van der Waals surface area contributed by atoms with E-state index in [0.717, 1.165) is 5.56 Å². The van der Waals surface area contributed by atoms with Crippen molar-refractivity contribution in [2.75, 3.05) is 11.1 Å². The maximum Gasteiger partial charge on any atom is 0.327 e. The summed E-state index contributed by atoms with van der Waals surface area (Å²) in [6.07, 6.45) is -0.0191. The minimum absolute atomic E-state index is 0.0191. The highest BCUT2D eigenvalue weighted by molar-refractivity contribution is 8.00. The molecule has 3 N–H and O–H groups in total. The lowest BCUT2D eigenvalue weighted by molar-refractivity contribution is -0.141. The molecule has 1 fully saturated rings. The molecule has 118 valence electrons. The van der Waals surface area contributed by atoms with Gasteiger partial charge in [-0.15, -0.1) is 11.8 Å². The number of amides is 2. The number of carbonyl (C=O) groups excluding carboxylic acids is 2. The van der Waals surface area contributed by atoms with Gasteiger partial charge in [0, 0.05) is 22.9 Å². The number of nitrogens with one attached hydrogen (secondary N) is 2. The van der Waals surface area contributed by atoms with Gasteiger partial charge in [0.15, 0.2) is 0 Å². The van der Waals surface area contributed by atoms with Crippen LogP contribution in [0, 0.1) is 6.92 Å². The number of halogens is 1. The van der Waals surface area contributed by atoms with Crippen LogP contribution in [0.15, 0.2) is 18.2 Å². The smallest absolute Gasteiger partial charge is 0.327 e. The highest BCUT2D eigenvalue weighted by atomic mass is 35.5. The van der Waals surface area contributed by atoms with Crippen molar-refractivity contribution in [3.63, 3.8) is 0 Å². The van der Waals surface area contributed by atoms with Crippen LogP contribution in [0.5, 0.6) is 0 Å². The minimum Gasteiger partial charge on any atom is -0.480 e. The number of carboxylic acid groups (broad SMARTS) is 1. The van der Waals surface area contributed by atoms with Gasteiger partial charge in [-0.25, -0.2) is 4.79 Å². The van der Waals surface area contributed by atoms with Gasteiger partial charge in [-0.3, -0.25) is 9.59 Å². The number of thioether (sulfide) groups is 1. The van der Waals surface area contributed by atoms with Gasteiger partial charge in [0.05, 0.1) is 5.25 Å². The van der Waals surface area contributed by atoms with Crippen molar-refractivity contribution in [2.24, 2.45) is 0 Å². The van der Waals surface area contributed by atoms with E-state index in [4.69, 9.17) is 16.7 Å². The molecule has 2 rings (SSSR count). The van der Waals surface area contributed by atoms with E-state index < -0.39 is 23.2 Å². The number of rotatable bonds is 4. The second kappa shape index (κ2) is 7.02. The Balaban J connectivity index is 1.94. The molecule has 2 atom stereocenters. The number of aryl methyl sites for hydroxylation is 1. The summed E-state index contributed by atoms with van der Waals surface area (Å²) in [5.74, 6) is -1.57. The predicted molar refractivity (Wildman–Crippen MR) is 85.2 cm³/mol. The average molecular weight is 343 g/mol. The maximum absolute atomic E-state index is 12.0. The van der Waals surface area contributed by atoms with E-state index in [9.17, 15) is 14.4 Å². The third kappa shape index (κ3) is 4.14. The monoisotopic (exact) mass is 342 g/mol. The number of carboxylic acids is 1. The summed E-state index contributed by atoms with van der Waals surface area (Å²) in [4.78, 5) is 34.7. The molecular formula is C14H15ClN2O4S. The summed E-state index contributed by atoms with van der Waals surface area (Å²) < 4.78 is 0. The van der Waals surface area contributed by atoms with Gasteiger partial charge in [-0.05, 0) is 24.6 Å². The predicted octanol–water partition coefficient (Wildman–Crippen LogP) is 1.66. The number of anilines is 1. The zero-order chi connectivity index (χ0) is 16.3. The topological polar surface area (TPSA) is 95.5 Å². The van der Waals surface area contributed by atoms with E-state index in [0.29, 0.717) is 10.7 Å². The van der Waals surface area contributed by atoms with Crippen LogP contribution < -0.4 is 10.6 Å². The van der Waals surface area contributed by atoms with Crippen LogP contribution in [-0.2, 0) is 14.4 Å². The van der Waals surface area contributed by atoms with Gasteiger partial charge < -0.3 is 15.7 Å². The lowest BCUT2D eigenvalue weighted by Crippen LogP contribution is -2.51. The summed E-state index contributed by atoms with van der Waals surface area (Å²) in [6, 6.07) is 4.26. The van der Waals surface area contributed by atoms with Crippen molar-refractivity contribution < 1.29 is 19.5 Å². The first-order valence-electron chi connectivity index (χ1n) is 6.57. The van der Waals surface area contributed by atoms with Crippen molar-refractivity contribution in [2.45, 2.75) is 24.6 Å². The summed E-state index contributed by atoms with van der Waals surface area (Å²) in [6.45, 7) is 1.84. The van der Waals surface area contributed by atoms with Crippen LogP contribution in [0.1, 0.15) is 12.0 Å². The van der Waals surface area contributed by atoms with E-state index in [1.807, 2.05) is 6.92 Å². The zero-order valence-electron chi connectivity index (χ0n) is 11.8. The average Bonchev–Trinajstić information content (AvgIpc) is 2.45. The first-order valence-corrected chi connectivity index (χ1v) is 8.00. The molecule has 2 unspecified atom stereocenters.